The SMILES string of the molecule is COc1nc(NNC(=O)CCCCC(=O)NNc2ncnc(Nc3cc(S(=O)(=O)O)cc4cc(S(=O)(=O)ON)c(N=Nc5ccccc5C(=O)ON)c(O)c34)n2)nc(Nc2cc(SOOO)cc3cc(S(=O)(=O)O)c(N=Nc4ccc(C(=O)O)cc4)c(O)c23)n1. The number of ether oxygens (including phenoxy) is 1. The van der Waals surface area contributed by atoms with Crippen LogP contribution in [0, 0.1) is 0 Å². The van der Waals surface area contributed by atoms with Crippen molar-refractivity contribution >= 4 is 146 Å². The van der Waals surface area contributed by atoms with Crippen LogP contribution in [0.4, 0.5) is 57.9 Å². The monoisotopic (exact) mass is 1320 g/mol. The summed E-state index contributed by atoms with van der Waals surface area (Å²) in [6.07, 6.45) is 0.879. The highest BCUT2D eigenvalue weighted by Crippen LogP contribution is 2.48. The highest BCUT2D eigenvalue weighted by Gasteiger charge is 2.29. The Morgan fingerprint density at radius 3 is 1.86 bits per heavy atom. The van der Waals surface area contributed by atoms with Gasteiger partial charge in [-0.3, -0.25) is 40.4 Å². The van der Waals surface area contributed by atoms with Gasteiger partial charge in [0.15, 0.2) is 11.5 Å². The minimum Gasteiger partial charge on any atom is -0.505 e. The number of carboxylic acids is 1. The topological polar surface area (TPSA) is 589 Å². The van der Waals surface area contributed by atoms with E-state index in [0.29, 0.717) is 12.0 Å². The Morgan fingerprint density at radius 1 is 0.656 bits per heavy atom. The summed E-state index contributed by atoms with van der Waals surface area (Å²) < 4.78 is 110. The summed E-state index contributed by atoms with van der Waals surface area (Å²) in [4.78, 5) is 75.4. The molecule has 470 valence electrons. The number of phenolic OH excluding ortho intramolecular Hbond substituents is 2. The third-order valence-electron chi connectivity index (χ3n) is 11.8. The van der Waals surface area contributed by atoms with Gasteiger partial charge in [0.25, 0.3) is 20.2 Å². The number of aromatic carboxylic acids is 1. The van der Waals surface area contributed by atoms with Crippen molar-refractivity contribution in [2.75, 3.05) is 28.6 Å². The lowest BCUT2D eigenvalue weighted by atomic mass is 10.1. The van der Waals surface area contributed by atoms with Gasteiger partial charge in [-0.25, -0.2) is 19.8 Å². The normalized spacial score (nSPS) is 11.8. The second-order valence-corrected chi connectivity index (χ2v) is 22.7. The summed E-state index contributed by atoms with van der Waals surface area (Å²) in [7, 11) is -14.0. The maximum atomic E-state index is 13.1. The van der Waals surface area contributed by atoms with Gasteiger partial charge in [0.2, 0.25) is 35.6 Å². The first-order chi connectivity index (χ1) is 42.8. The molecule has 0 aliphatic carbocycles. The summed E-state index contributed by atoms with van der Waals surface area (Å²) in [5, 5.41) is 65.0. The Balaban J connectivity index is 0.918. The van der Waals surface area contributed by atoms with Crippen LogP contribution in [0.25, 0.3) is 21.5 Å². The lowest BCUT2D eigenvalue weighted by molar-refractivity contribution is -0.432. The van der Waals surface area contributed by atoms with Crippen molar-refractivity contribution in [3.05, 3.63) is 102 Å². The van der Waals surface area contributed by atoms with Gasteiger partial charge in [-0.2, -0.15) is 71.4 Å². The number of carboxylic acid groups (broad SMARTS) is 1. The number of unbranched alkanes of at least 4 members (excludes halogenated alkanes) is 1. The van der Waals surface area contributed by atoms with Gasteiger partial charge in [-0.15, -0.1) is 19.7 Å². The Hall–Kier alpha value is -10.6. The predicted molar refractivity (Wildman–Crippen MR) is 307 cm³/mol. The molecule has 0 bridgehead atoms. The predicted octanol–water partition coefficient (Wildman–Crippen LogP) is 5.48. The summed E-state index contributed by atoms with van der Waals surface area (Å²) in [5.41, 5.74) is 7.06. The number of phenols is 2. The van der Waals surface area contributed by atoms with Crippen LogP contribution in [0.3, 0.4) is 0 Å². The molecule has 16 N–H and O–H groups in total. The lowest BCUT2D eigenvalue weighted by Crippen LogP contribution is -2.31. The molecular formula is C47H42N18O21S4. The van der Waals surface area contributed by atoms with E-state index in [1.54, 1.807) is 0 Å². The fraction of sp³-hybridized carbons (Fsp3) is 0.106. The molecular weight excluding hydrogens is 1280 g/mol. The average molecular weight is 1320 g/mol. The smallest absolute Gasteiger partial charge is 0.358 e. The number of methoxy groups -OCH3 is 1. The standard InChI is InChI=1S/C47H42N18O21S4/c1-82-47-56-45(53-29-18-25(87-86-85-73)14-22-16-31(89(77,78)79)37(39(68)35(22)29)62-58-24-12-10-21(11-13-24)41(70)71)55-46(57-47)65-61-34(67)9-5-4-8-33(66)60-64-44-51-20-50-43(54-44)52-30-19-26(88(74,75)76)15-23-17-32(90(80,81)84-49)38(40(69)36(23)30)63-59-28-7-3-2-6-27(28)42(72)83-48/h2-3,6-7,10-20,68-69,73H,4-5,8-9,48-49H2,1H3,(H,60,66)(H,61,67)(H,70,71)(H,74,75,76)(H,77,78,79)(H2,50,51,52,54,64)(H2,53,55,56,57,65). The number of carbonyl (C=O) groups is 4. The number of hydrazine groups is 2. The van der Waals surface area contributed by atoms with Gasteiger partial charge in [-0.05, 0) is 96.4 Å². The molecule has 2 aromatic heterocycles. The van der Waals surface area contributed by atoms with Crippen LogP contribution in [0.1, 0.15) is 46.4 Å². The molecule has 8 aromatic rings. The van der Waals surface area contributed by atoms with Crippen LogP contribution in [-0.4, -0.2) is 116 Å². The van der Waals surface area contributed by atoms with Gasteiger partial charge in [0.1, 0.15) is 33.2 Å². The lowest BCUT2D eigenvalue weighted by Gasteiger charge is -2.15. The van der Waals surface area contributed by atoms with E-state index in [9.17, 15) is 68.9 Å². The van der Waals surface area contributed by atoms with E-state index in [1.165, 1.54) is 67.8 Å². The van der Waals surface area contributed by atoms with E-state index < -0.39 is 103 Å². The number of benzene rings is 6. The van der Waals surface area contributed by atoms with Crippen molar-refractivity contribution < 1.29 is 97.3 Å². The van der Waals surface area contributed by atoms with E-state index in [2.05, 4.69) is 101 Å². The highest BCUT2D eigenvalue weighted by molar-refractivity contribution is 7.94. The van der Waals surface area contributed by atoms with Crippen LogP contribution in [0.5, 0.6) is 17.5 Å². The zero-order valence-electron chi connectivity index (χ0n) is 45.1. The largest absolute Gasteiger partial charge is 0.505 e. The number of rotatable bonds is 27. The number of nitrogens with two attached hydrogens (primary N) is 2. The van der Waals surface area contributed by atoms with E-state index >= 15 is 0 Å². The number of nitrogens with one attached hydrogen (secondary N) is 6. The van der Waals surface area contributed by atoms with Gasteiger partial charge >= 0.3 is 28.1 Å². The number of azo groups is 2. The van der Waals surface area contributed by atoms with Crippen LogP contribution < -0.4 is 48.9 Å². The van der Waals surface area contributed by atoms with Crippen molar-refractivity contribution in [1.82, 2.24) is 40.8 Å². The molecule has 90 heavy (non-hydrogen) atoms. The van der Waals surface area contributed by atoms with E-state index in [1.807, 2.05) is 0 Å². The van der Waals surface area contributed by atoms with Crippen molar-refractivity contribution in [2.45, 2.75) is 45.3 Å². The zero-order valence-corrected chi connectivity index (χ0v) is 48.3. The molecule has 2 heterocycles. The number of hydrogen-bond acceptors (Lipinski definition) is 35. The number of aromatic nitrogens is 6. The number of fused-ring (bicyclic) bond motifs is 2. The first-order valence-electron chi connectivity index (χ1n) is 24.5. The number of aromatic hydroxyl groups is 2. The second kappa shape index (κ2) is 28.1. The third-order valence-corrected chi connectivity index (χ3v) is 15.2. The highest BCUT2D eigenvalue weighted by atomic mass is 32.2. The number of anilines is 6. The first kappa shape index (κ1) is 65.4. The molecule has 0 unspecified atom stereocenters. The maximum Gasteiger partial charge on any atom is 0.358 e. The van der Waals surface area contributed by atoms with E-state index in [4.69, 9.17) is 21.8 Å². The number of carbonyl (C=O) groups excluding carboxylic acids is 3. The third kappa shape index (κ3) is 15.9. The van der Waals surface area contributed by atoms with Crippen molar-refractivity contribution in [2.24, 2.45) is 32.3 Å². The summed E-state index contributed by atoms with van der Waals surface area (Å²) in [5.74, 6) is 3.31. The van der Waals surface area contributed by atoms with Crippen LogP contribution in [-0.2, 0) is 58.4 Å². The van der Waals surface area contributed by atoms with Crippen molar-refractivity contribution in [3.8, 4) is 17.5 Å². The molecule has 0 saturated heterocycles. The van der Waals surface area contributed by atoms with Gasteiger partial charge in [0.05, 0.1) is 52.2 Å². The van der Waals surface area contributed by atoms with Crippen LogP contribution in [0.15, 0.2) is 131 Å². The molecule has 0 saturated carbocycles. The zero-order chi connectivity index (χ0) is 65.1. The molecule has 0 fully saturated rings. The molecule has 43 heteroatoms. The Bertz CT molecular complexity index is 4560. The minimum atomic E-state index is -5.14. The van der Waals surface area contributed by atoms with Gasteiger partial charge < -0.3 is 35.5 Å². The number of amides is 2. The molecule has 0 aliphatic rings. The maximum absolute atomic E-state index is 13.1. The fourth-order valence-electron chi connectivity index (χ4n) is 7.84. The molecule has 39 nitrogen and oxygen atoms in total. The van der Waals surface area contributed by atoms with Crippen LogP contribution >= 0.6 is 12.0 Å². The van der Waals surface area contributed by atoms with Crippen LogP contribution in [0.2, 0.25) is 0 Å². The number of hydrogen-bond donors (Lipinski definition) is 14. The van der Waals surface area contributed by atoms with Gasteiger partial charge in [0, 0.05) is 28.5 Å². The fourth-order valence-corrected chi connectivity index (χ4v) is 10.2. The summed E-state index contributed by atoms with van der Waals surface area (Å²) in [6.45, 7) is 0. The number of nitrogens with zero attached hydrogens (tertiary/aromatic N) is 10. The van der Waals surface area contributed by atoms with E-state index in [-0.39, 0.29) is 104 Å². The molecule has 8 rings (SSSR count). The Labute approximate surface area is 507 Å². The molecule has 0 spiro atoms. The Morgan fingerprint density at radius 2 is 1.23 bits per heavy atom. The minimum absolute atomic E-state index is 0.0260. The molecule has 0 aliphatic heterocycles. The second-order valence-electron chi connectivity index (χ2n) is 17.6. The molecule has 0 atom stereocenters. The van der Waals surface area contributed by atoms with Crippen molar-refractivity contribution in [1.29, 1.82) is 0 Å². The first-order valence-corrected chi connectivity index (χ1v) is 29.5. The van der Waals surface area contributed by atoms with Crippen molar-refractivity contribution in [3.63, 3.8) is 0 Å². The Kier molecular flexibility index (Phi) is 20.4. The van der Waals surface area contributed by atoms with E-state index in [0.717, 1.165) is 30.6 Å². The summed E-state index contributed by atoms with van der Waals surface area (Å²) >= 11 is 0.416. The summed E-state index contributed by atoms with van der Waals surface area (Å²) in [6, 6.07) is 15.8. The molecule has 0 radical (unpaired) electrons. The quantitative estimate of drug-likeness (QED) is 0.00757. The average Bonchev–Trinajstić information content (AvgIpc) is 0.789. The molecule has 6 aromatic carbocycles. The van der Waals surface area contributed by atoms with Gasteiger partial charge in [-0.1, -0.05) is 17.2 Å². The molecule has 2 amide bonds.